The normalized spacial score (nSPS) is 10.1. The fourth-order valence-electron chi connectivity index (χ4n) is 1.08. The highest BCUT2D eigenvalue weighted by Gasteiger charge is 1.95. The molecule has 0 aromatic carbocycles. The molecule has 0 spiro atoms. The average Bonchev–Trinajstić information content (AvgIpc) is 2.25. The number of hydrogen-bond donors (Lipinski definition) is 1. The maximum absolute atomic E-state index is 5.38. The number of aromatic nitrogens is 1. The van der Waals surface area contributed by atoms with Crippen LogP contribution in [0.15, 0.2) is 18.3 Å². The van der Waals surface area contributed by atoms with E-state index >= 15 is 0 Å². The summed E-state index contributed by atoms with van der Waals surface area (Å²) in [6, 6.07) is 3.96. The van der Waals surface area contributed by atoms with E-state index in [0.29, 0.717) is 5.88 Å². The fourth-order valence-corrected chi connectivity index (χ4v) is 1.08. The SMILES string of the molecule is CCCOc1ccc(CNCC)cn1. The minimum Gasteiger partial charge on any atom is -0.478 e. The van der Waals surface area contributed by atoms with Crippen molar-refractivity contribution in [1.82, 2.24) is 10.3 Å². The number of rotatable bonds is 6. The molecule has 3 heteroatoms. The van der Waals surface area contributed by atoms with Gasteiger partial charge in [0.1, 0.15) is 0 Å². The summed E-state index contributed by atoms with van der Waals surface area (Å²) in [6.07, 6.45) is 2.87. The molecule has 14 heavy (non-hydrogen) atoms. The first kappa shape index (κ1) is 11.0. The van der Waals surface area contributed by atoms with E-state index in [1.807, 2.05) is 18.3 Å². The Hall–Kier alpha value is -1.09. The van der Waals surface area contributed by atoms with Gasteiger partial charge in [-0.2, -0.15) is 0 Å². The summed E-state index contributed by atoms with van der Waals surface area (Å²) in [5, 5.41) is 3.25. The molecular formula is C11H18N2O. The number of pyridine rings is 1. The van der Waals surface area contributed by atoms with E-state index in [4.69, 9.17) is 4.74 Å². The van der Waals surface area contributed by atoms with Crippen molar-refractivity contribution in [2.24, 2.45) is 0 Å². The van der Waals surface area contributed by atoms with E-state index in [-0.39, 0.29) is 0 Å². The molecule has 1 heterocycles. The van der Waals surface area contributed by atoms with Crippen LogP contribution in [-0.4, -0.2) is 18.1 Å². The van der Waals surface area contributed by atoms with Gasteiger partial charge >= 0.3 is 0 Å². The Bertz CT molecular complexity index is 219. The molecule has 0 aliphatic carbocycles. The van der Waals surface area contributed by atoms with Crippen LogP contribution in [0.3, 0.4) is 0 Å². The van der Waals surface area contributed by atoms with Gasteiger partial charge in [0.05, 0.1) is 6.61 Å². The number of hydrogen-bond acceptors (Lipinski definition) is 3. The summed E-state index contributed by atoms with van der Waals surface area (Å²) in [5.41, 5.74) is 1.19. The summed E-state index contributed by atoms with van der Waals surface area (Å²) in [5.74, 6) is 0.715. The number of nitrogens with one attached hydrogen (secondary N) is 1. The van der Waals surface area contributed by atoms with E-state index in [9.17, 15) is 0 Å². The van der Waals surface area contributed by atoms with Crippen LogP contribution in [0.4, 0.5) is 0 Å². The van der Waals surface area contributed by atoms with Gasteiger partial charge in [0.25, 0.3) is 0 Å². The largest absolute Gasteiger partial charge is 0.478 e. The Balaban J connectivity index is 2.42. The van der Waals surface area contributed by atoms with Crippen molar-refractivity contribution in [3.63, 3.8) is 0 Å². The first-order valence-corrected chi connectivity index (χ1v) is 5.15. The van der Waals surface area contributed by atoms with Crippen molar-refractivity contribution in [3.8, 4) is 5.88 Å². The van der Waals surface area contributed by atoms with Crippen molar-refractivity contribution in [2.45, 2.75) is 26.8 Å². The molecular weight excluding hydrogens is 176 g/mol. The molecule has 0 aliphatic heterocycles. The topological polar surface area (TPSA) is 34.1 Å². The Morgan fingerprint density at radius 1 is 1.36 bits per heavy atom. The van der Waals surface area contributed by atoms with E-state index in [1.54, 1.807) is 0 Å². The maximum Gasteiger partial charge on any atom is 0.213 e. The molecule has 0 fully saturated rings. The molecule has 0 amide bonds. The first-order chi connectivity index (χ1) is 6.86. The Kier molecular flexibility index (Phi) is 5.00. The van der Waals surface area contributed by atoms with E-state index in [2.05, 4.69) is 24.1 Å². The van der Waals surface area contributed by atoms with Crippen LogP contribution >= 0.6 is 0 Å². The van der Waals surface area contributed by atoms with Crippen LogP contribution in [0, 0.1) is 0 Å². The van der Waals surface area contributed by atoms with Crippen molar-refractivity contribution in [2.75, 3.05) is 13.2 Å². The third kappa shape index (κ3) is 3.75. The summed E-state index contributed by atoms with van der Waals surface area (Å²) in [7, 11) is 0. The molecule has 0 atom stereocenters. The third-order valence-electron chi connectivity index (χ3n) is 1.83. The van der Waals surface area contributed by atoms with Crippen LogP contribution in [0.5, 0.6) is 5.88 Å². The highest BCUT2D eigenvalue weighted by molar-refractivity contribution is 5.17. The van der Waals surface area contributed by atoms with Crippen molar-refractivity contribution >= 4 is 0 Å². The van der Waals surface area contributed by atoms with Gasteiger partial charge in [0, 0.05) is 18.8 Å². The second-order valence-electron chi connectivity index (χ2n) is 3.13. The van der Waals surface area contributed by atoms with Gasteiger partial charge in [-0.1, -0.05) is 19.9 Å². The second-order valence-corrected chi connectivity index (χ2v) is 3.13. The molecule has 1 rings (SSSR count). The van der Waals surface area contributed by atoms with Crippen LogP contribution in [0.1, 0.15) is 25.8 Å². The lowest BCUT2D eigenvalue weighted by molar-refractivity contribution is 0.305. The summed E-state index contributed by atoms with van der Waals surface area (Å²) >= 11 is 0. The highest BCUT2D eigenvalue weighted by atomic mass is 16.5. The van der Waals surface area contributed by atoms with Gasteiger partial charge in [-0.05, 0) is 18.5 Å². The summed E-state index contributed by atoms with van der Waals surface area (Å²) in [4.78, 5) is 4.21. The molecule has 0 aliphatic rings. The zero-order valence-electron chi connectivity index (χ0n) is 8.92. The highest BCUT2D eigenvalue weighted by Crippen LogP contribution is 2.07. The van der Waals surface area contributed by atoms with Gasteiger partial charge < -0.3 is 10.1 Å². The third-order valence-corrected chi connectivity index (χ3v) is 1.83. The zero-order chi connectivity index (χ0) is 10.2. The Morgan fingerprint density at radius 2 is 2.21 bits per heavy atom. The molecule has 3 nitrogen and oxygen atoms in total. The molecule has 1 aromatic rings. The Labute approximate surface area is 85.5 Å². The number of ether oxygens (including phenoxy) is 1. The Morgan fingerprint density at radius 3 is 2.79 bits per heavy atom. The molecule has 78 valence electrons. The van der Waals surface area contributed by atoms with Crippen LogP contribution in [0.2, 0.25) is 0 Å². The minimum absolute atomic E-state index is 0.715. The zero-order valence-corrected chi connectivity index (χ0v) is 8.92. The smallest absolute Gasteiger partial charge is 0.213 e. The van der Waals surface area contributed by atoms with Gasteiger partial charge in [-0.25, -0.2) is 4.98 Å². The standard InChI is InChI=1S/C11H18N2O/c1-3-7-14-11-6-5-10(9-13-11)8-12-4-2/h5-6,9,12H,3-4,7-8H2,1-2H3. The van der Waals surface area contributed by atoms with Crippen molar-refractivity contribution in [1.29, 1.82) is 0 Å². The van der Waals surface area contributed by atoms with Gasteiger partial charge in [0.15, 0.2) is 0 Å². The van der Waals surface area contributed by atoms with Crippen LogP contribution in [0.25, 0.3) is 0 Å². The molecule has 0 radical (unpaired) electrons. The predicted octanol–water partition coefficient (Wildman–Crippen LogP) is 1.98. The van der Waals surface area contributed by atoms with Crippen molar-refractivity contribution in [3.05, 3.63) is 23.9 Å². The molecule has 1 aromatic heterocycles. The molecule has 0 bridgehead atoms. The molecule has 1 N–H and O–H groups in total. The quantitative estimate of drug-likeness (QED) is 0.752. The maximum atomic E-state index is 5.38. The van der Waals surface area contributed by atoms with Crippen LogP contribution in [-0.2, 0) is 6.54 Å². The lowest BCUT2D eigenvalue weighted by Crippen LogP contribution is -2.11. The summed E-state index contributed by atoms with van der Waals surface area (Å²) in [6.45, 7) is 6.76. The minimum atomic E-state index is 0.715. The second kappa shape index (κ2) is 6.38. The average molecular weight is 194 g/mol. The van der Waals surface area contributed by atoms with Gasteiger partial charge in [0.2, 0.25) is 5.88 Å². The van der Waals surface area contributed by atoms with E-state index in [0.717, 1.165) is 26.1 Å². The lowest BCUT2D eigenvalue weighted by Gasteiger charge is -2.04. The molecule has 0 saturated heterocycles. The monoisotopic (exact) mass is 194 g/mol. The van der Waals surface area contributed by atoms with E-state index < -0.39 is 0 Å². The number of nitrogens with zero attached hydrogens (tertiary/aromatic N) is 1. The van der Waals surface area contributed by atoms with Gasteiger partial charge in [-0.15, -0.1) is 0 Å². The van der Waals surface area contributed by atoms with Gasteiger partial charge in [-0.3, -0.25) is 0 Å². The fraction of sp³-hybridized carbons (Fsp3) is 0.545. The predicted molar refractivity (Wildman–Crippen MR) is 57.4 cm³/mol. The molecule has 0 unspecified atom stereocenters. The van der Waals surface area contributed by atoms with Crippen LogP contribution < -0.4 is 10.1 Å². The molecule has 0 saturated carbocycles. The van der Waals surface area contributed by atoms with E-state index in [1.165, 1.54) is 5.56 Å². The van der Waals surface area contributed by atoms with Crippen molar-refractivity contribution < 1.29 is 4.74 Å². The summed E-state index contributed by atoms with van der Waals surface area (Å²) < 4.78 is 5.38. The first-order valence-electron chi connectivity index (χ1n) is 5.15. The lowest BCUT2D eigenvalue weighted by atomic mass is 10.3.